The first-order valence-electron chi connectivity index (χ1n) is 7.19. The molecule has 0 bridgehead atoms. The van der Waals surface area contributed by atoms with Crippen LogP contribution in [0.25, 0.3) is 0 Å². The lowest BCUT2D eigenvalue weighted by atomic mass is 10.3. The molecule has 0 saturated heterocycles. The van der Waals surface area contributed by atoms with Gasteiger partial charge in [0.15, 0.2) is 5.13 Å². The highest BCUT2D eigenvalue weighted by atomic mass is 32.1. The third-order valence-corrected chi connectivity index (χ3v) is 3.83. The largest absolute Gasteiger partial charge is 0.399 e. The highest BCUT2D eigenvalue weighted by Crippen LogP contribution is 2.21. The number of nitrogens with one attached hydrogen (secondary N) is 2. The average molecular weight is 327 g/mol. The lowest BCUT2D eigenvalue weighted by molar-refractivity contribution is 0.910. The number of nitrogens with two attached hydrogens (primary N) is 1. The topological polar surface area (TPSA) is 102 Å². The second-order valence-electron chi connectivity index (χ2n) is 4.90. The van der Waals surface area contributed by atoms with Gasteiger partial charge in [-0.3, -0.25) is 5.32 Å². The van der Waals surface area contributed by atoms with Gasteiger partial charge in [-0.05, 0) is 31.2 Å². The predicted molar refractivity (Wildman–Crippen MR) is 93.5 cm³/mol. The summed E-state index contributed by atoms with van der Waals surface area (Å²) < 4.78 is 0. The van der Waals surface area contributed by atoms with Gasteiger partial charge < -0.3 is 11.1 Å². The minimum absolute atomic E-state index is 0.476. The predicted octanol–water partition coefficient (Wildman–Crippen LogP) is 3.27. The first-order valence-corrected chi connectivity index (χ1v) is 8.01. The minimum atomic E-state index is 0.476. The van der Waals surface area contributed by atoms with E-state index in [1.807, 2.05) is 44.3 Å². The van der Waals surface area contributed by atoms with Crippen LogP contribution in [0, 0.1) is 6.92 Å². The molecule has 2 aromatic heterocycles. The number of thiazole rings is 1. The number of rotatable bonds is 5. The van der Waals surface area contributed by atoms with Gasteiger partial charge in [-0.15, -0.1) is 11.3 Å². The summed E-state index contributed by atoms with van der Waals surface area (Å²) in [5.41, 5.74) is 7.27. The molecule has 0 aliphatic heterocycles. The molecular formula is C15H17N7S. The molecule has 3 rings (SSSR count). The number of nitrogen functional groups attached to an aromatic ring is 1. The summed E-state index contributed by atoms with van der Waals surface area (Å²) in [6.07, 6.45) is 2.52. The van der Waals surface area contributed by atoms with Crippen LogP contribution >= 0.6 is 11.3 Å². The third kappa shape index (κ3) is 3.92. The van der Waals surface area contributed by atoms with Crippen molar-refractivity contribution >= 4 is 39.7 Å². The van der Waals surface area contributed by atoms with E-state index in [4.69, 9.17) is 5.73 Å². The quantitative estimate of drug-likeness (QED) is 0.618. The van der Waals surface area contributed by atoms with Gasteiger partial charge in [0.2, 0.25) is 11.9 Å². The molecule has 23 heavy (non-hydrogen) atoms. The van der Waals surface area contributed by atoms with E-state index >= 15 is 0 Å². The fourth-order valence-electron chi connectivity index (χ4n) is 1.89. The van der Waals surface area contributed by atoms with Gasteiger partial charge in [-0.2, -0.15) is 15.0 Å². The fourth-order valence-corrected chi connectivity index (χ4v) is 2.55. The molecule has 0 unspecified atom stereocenters. The molecule has 2 heterocycles. The van der Waals surface area contributed by atoms with E-state index in [0.717, 1.165) is 15.7 Å². The monoisotopic (exact) mass is 327 g/mol. The Kier molecular flexibility index (Phi) is 4.33. The summed E-state index contributed by atoms with van der Waals surface area (Å²) >= 11 is 1.55. The molecule has 8 heteroatoms. The molecule has 3 aromatic rings. The lowest BCUT2D eigenvalue weighted by Crippen LogP contribution is -2.06. The second kappa shape index (κ2) is 6.57. The molecule has 118 valence electrons. The first-order chi connectivity index (χ1) is 11.1. The van der Waals surface area contributed by atoms with Gasteiger partial charge in [-0.1, -0.05) is 6.92 Å². The zero-order valence-electron chi connectivity index (χ0n) is 12.9. The number of hydrogen-bond acceptors (Lipinski definition) is 8. The van der Waals surface area contributed by atoms with Crippen molar-refractivity contribution < 1.29 is 0 Å². The van der Waals surface area contributed by atoms with Crippen molar-refractivity contribution in [1.82, 2.24) is 19.9 Å². The van der Waals surface area contributed by atoms with E-state index < -0.39 is 0 Å². The van der Waals surface area contributed by atoms with Crippen LogP contribution < -0.4 is 16.4 Å². The molecule has 0 aliphatic rings. The Labute approximate surface area is 138 Å². The third-order valence-electron chi connectivity index (χ3n) is 3.00. The van der Waals surface area contributed by atoms with E-state index in [0.29, 0.717) is 29.8 Å². The molecule has 4 N–H and O–H groups in total. The van der Waals surface area contributed by atoms with Gasteiger partial charge >= 0.3 is 0 Å². The van der Waals surface area contributed by atoms with Gasteiger partial charge in [0.05, 0.1) is 0 Å². The van der Waals surface area contributed by atoms with Gasteiger partial charge in [-0.25, -0.2) is 4.98 Å². The number of anilines is 5. The highest BCUT2D eigenvalue weighted by Gasteiger charge is 2.08. The molecule has 1 aromatic carbocycles. The Balaban J connectivity index is 1.84. The minimum Gasteiger partial charge on any atom is -0.399 e. The van der Waals surface area contributed by atoms with E-state index in [1.165, 1.54) is 0 Å². The number of hydrogen-bond donors (Lipinski definition) is 3. The number of benzene rings is 1. The maximum atomic E-state index is 5.69. The van der Waals surface area contributed by atoms with Crippen LogP contribution in [-0.2, 0) is 6.42 Å². The van der Waals surface area contributed by atoms with Crippen LogP contribution in [0.5, 0.6) is 0 Å². The molecule has 0 aliphatic carbocycles. The molecular weight excluding hydrogens is 310 g/mol. The van der Waals surface area contributed by atoms with Gasteiger partial charge in [0, 0.05) is 28.9 Å². The maximum Gasteiger partial charge on any atom is 0.234 e. The van der Waals surface area contributed by atoms with Crippen molar-refractivity contribution in [3.05, 3.63) is 41.2 Å². The van der Waals surface area contributed by atoms with Crippen molar-refractivity contribution in [2.45, 2.75) is 20.3 Å². The van der Waals surface area contributed by atoms with Crippen molar-refractivity contribution in [2.24, 2.45) is 0 Å². The van der Waals surface area contributed by atoms with Crippen LogP contribution in [0.3, 0.4) is 0 Å². The highest BCUT2D eigenvalue weighted by molar-refractivity contribution is 7.15. The first kappa shape index (κ1) is 15.2. The standard InChI is InChI=1S/C15H17N7S/c1-3-12-19-13(18-11-6-4-10(16)5-7-11)21-14(20-12)22-15-17-8-9(2)23-15/h4-8H,3,16H2,1-2H3,(H2,17,18,19,20,21,22). The number of nitrogens with zero attached hydrogens (tertiary/aromatic N) is 4. The molecule has 0 radical (unpaired) electrons. The van der Waals surface area contributed by atoms with E-state index in [-0.39, 0.29) is 0 Å². The Morgan fingerprint density at radius 3 is 2.35 bits per heavy atom. The van der Waals surface area contributed by atoms with E-state index in [2.05, 4.69) is 30.6 Å². The van der Waals surface area contributed by atoms with Crippen LogP contribution in [-0.4, -0.2) is 19.9 Å². The summed E-state index contributed by atoms with van der Waals surface area (Å²) in [5, 5.41) is 7.04. The SMILES string of the molecule is CCc1nc(Nc2ccc(N)cc2)nc(Nc2ncc(C)s2)n1. The lowest BCUT2D eigenvalue weighted by Gasteiger charge is -2.08. The molecule has 0 saturated carbocycles. The molecule has 0 amide bonds. The van der Waals surface area contributed by atoms with Crippen LogP contribution in [0.2, 0.25) is 0 Å². The van der Waals surface area contributed by atoms with Gasteiger partial charge in [0.25, 0.3) is 0 Å². The zero-order valence-corrected chi connectivity index (χ0v) is 13.7. The number of aromatic nitrogens is 4. The Morgan fingerprint density at radius 1 is 1.04 bits per heavy atom. The molecule has 0 fully saturated rings. The van der Waals surface area contributed by atoms with Crippen molar-refractivity contribution in [3.8, 4) is 0 Å². The van der Waals surface area contributed by atoms with Crippen molar-refractivity contribution in [3.63, 3.8) is 0 Å². The van der Waals surface area contributed by atoms with E-state index in [9.17, 15) is 0 Å². The average Bonchev–Trinajstić information content (AvgIpc) is 2.94. The van der Waals surface area contributed by atoms with Crippen LogP contribution in [0.1, 0.15) is 17.6 Å². The summed E-state index contributed by atoms with van der Waals surface area (Å²) in [5.74, 6) is 1.66. The second-order valence-corrected chi connectivity index (χ2v) is 6.14. The molecule has 0 atom stereocenters. The van der Waals surface area contributed by atoms with Crippen LogP contribution in [0.4, 0.5) is 28.4 Å². The maximum absolute atomic E-state index is 5.69. The summed E-state index contributed by atoms with van der Waals surface area (Å²) in [6.45, 7) is 4.00. The zero-order chi connectivity index (χ0) is 16.2. The Morgan fingerprint density at radius 2 is 1.74 bits per heavy atom. The van der Waals surface area contributed by atoms with Crippen molar-refractivity contribution in [1.29, 1.82) is 0 Å². The van der Waals surface area contributed by atoms with Crippen LogP contribution in [0.15, 0.2) is 30.5 Å². The molecule has 0 spiro atoms. The normalized spacial score (nSPS) is 10.5. The summed E-state index contributed by atoms with van der Waals surface area (Å²) in [7, 11) is 0. The smallest absolute Gasteiger partial charge is 0.234 e. The fraction of sp³-hybridized carbons (Fsp3) is 0.200. The summed E-state index contributed by atoms with van der Waals surface area (Å²) in [4.78, 5) is 18.6. The number of aryl methyl sites for hydroxylation is 2. The van der Waals surface area contributed by atoms with Crippen molar-refractivity contribution in [2.75, 3.05) is 16.4 Å². The molecule has 7 nitrogen and oxygen atoms in total. The van der Waals surface area contributed by atoms with Gasteiger partial charge in [0.1, 0.15) is 5.82 Å². The summed E-state index contributed by atoms with van der Waals surface area (Å²) in [6, 6.07) is 7.40. The Bertz CT molecular complexity index is 798. The Hall–Kier alpha value is -2.74. The van der Waals surface area contributed by atoms with E-state index in [1.54, 1.807) is 11.3 Å².